The van der Waals surface area contributed by atoms with Gasteiger partial charge in [-0.25, -0.2) is 0 Å². The maximum Gasteiger partial charge on any atom is 0.239 e. The van der Waals surface area contributed by atoms with Gasteiger partial charge in [0.15, 0.2) is 0 Å². The normalized spacial score (nSPS) is 30.8. The van der Waals surface area contributed by atoms with Crippen LogP contribution in [0.5, 0.6) is 0 Å². The predicted molar refractivity (Wildman–Crippen MR) is 73.5 cm³/mol. The summed E-state index contributed by atoms with van der Waals surface area (Å²) in [5.74, 6) is 0.282. The minimum Gasteiger partial charge on any atom is -0.344 e. The van der Waals surface area contributed by atoms with Crippen molar-refractivity contribution in [2.75, 3.05) is 33.2 Å². The first-order valence-corrected chi connectivity index (χ1v) is 7.44. The second-order valence-corrected chi connectivity index (χ2v) is 5.74. The molecule has 2 atom stereocenters. The van der Waals surface area contributed by atoms with Crippen LogP contribution in [0.3, 0.4) is 0 Å². The van der Waals surface area contributed by atoms with Crippen LogP contribution in [0.2, 0.25) is 0 Å². The molecule has 0 aromatic carbocycles. The van der Waals surface area contributed by atoms with Gasteiger partial charge in [0.1, 0.15) is 0 Å². The minimum absolute atomic E-state index is 0.0812. The molecule has 2 saturated heterocycles. The van der Waals surface area contributed by atoms with Gasteiger partial charge in [-0.3, -0.25) is 4.79 Å². The van der Waals surface area contributed by atoms with Crippen LogP contribution < -0.4 is 5.32 Å². The van der Waals surface area contributed by atoms with Gasteiger partial charge in [-0.2, -0.15) is 0 Å². The molecule has 0 radical (unpaired) electrons. The second kappa shape index (κ2) is 6.53. The van der Waals surface area contributed by atoms with Crippen LogP contribution in [0, 0.1) is 0 Å². The molecule has 1 amide bonds. The third kappa shape index (κ3) is 3.45. The van der Waals surface area contributed by atoms with E-state index in [9.17, 15) is 4.79 Å². The van der Waals surface area contributed by atoms with E-state index in [1.54, 1.807) is 0 Å². The number of nitrogens with zero attached hydrogens (tertiary/aromatic N) is 2. The number of amides is 1. The molecule has 1 N–H and O–H groups in total. The predicted octanol–water partition coefficient (Wildman–Crippen LogP) is 1.07. The van der Waals surface area contributed by atoms with E-state index in [4.69, 9.17) is 0 Å². The molecule has 0 aliphatic carbocycles. The van der Waals surface area contributed by atoms with Crippen molar-refractivity contribution >= 4 is 5.91 Å². The van der Waals surface area contributed by atoms with Crippen LogP contribution in [-0.4, -0.2) is 61.0 Å². The molecule has 0 aromatic rings. The van der Waals surface area contributed by atoms with Gasteiger partial charge in [0.05, 0.1) is 6.04 Å². The highest BCUT2D eigenvalue weighted by atomic mass is 16.2. The first-order valence-electron chi connectivity index (χ1n) is 7.44. The molecular weight excluding hydrogens is 226 g/mol. The minimum atomic E-state index is 0.0812. The Hall–Kier alpha value is -0.610. The van der Waals surface area contributed by atoms with Crippen molar-refractivity contribution < 1.29 is 4.79 Å². The van der Waals surface area contributed by atoms with Crippen molar-refractivity contribution in [1.29, 1.82) is 0 Å². The summed E-state index contributed by atoms with van der Waals surface area (Å²) < 4.78 is 0. The van der Waals surface area contributed by atoms with Gasteiger partial charge in [0, 0.05) is 19.6 Å². The molecule has 4 heteroatoms. The maximum atomic E-state index is 11.9. The van der Waals surface area contributed by atoms with Crippen molar-refractivity contribution in [3.63, 3.8) is 0 Å². The molecule has 18 heavy (non-hydrogen) atoms. The Balaban J connectivity index is 1.78. The zero-order valence-corrected chi connectivity index (χ0v) is 11.8. The van der Waals surface area contributed by atoms with Gasteiger partial charge in [0.25, 0.3) is 0 Å². The molecule has 0 spiro atoms. The highest BCUT2D eigenvalue weighted by Crippen LogP contribution is 2.15. The summed E-state index contributed by atoms with van der Waals surface area (Å²) >= 11 is 0. The fourth-order valence-electron chi connectivity index (χ4n) is 3.12. The van der Waals surface area contributed by atoms with Crippen LogP contribution in [0.25, 0.3) is 0 Å². The van der Waals surface area contributed by atoms with E-state index >= 15 is 0 Å². The molecule has 0 bridgehead atoms. The Morgan fingerprint density at radius 3 is 2.72 bits per heavy atom. The monoisotopic (exact) mass is 253 g/mol. The lowest BCUT2D eigenvalue weighted by Crippen LogP contribution is -2.43. The van der Waals surface area contributed by atoms with Crippen molar-refractivity contribution in [2.24, 2.45) is 0 Å². The summed E-state index contributed by atoms with van der Waals surface area (Å²) in [6.07, 6.45) is 5.88. The van der Waals surface area contributed by atoms with Crippen LogP contribution in [0.15, 0.2) is 0 Å². The fourth-order valence-corrected chi connectivity index (χ4v) is 3.12. The number of hydrogen-bond donors (Lipinski definition) is 1. The largest absolute Gasteiger partial charge is 0.344 e. The topological polar surface area (TPSA) is 35.6 Å². The molecule has 0 saturated carbocycles. The molecule has 2 aliphatic heterocycles. The van der Waals surface area contributed by atoms with E-state index in [0.717, 1.165) is 13.0 Å². The average Bonchev–Trinajstić information content (AvgIpc) is 2.57. The molecule has 2 fully saturated rings. The third-order valence-corrected chi connectivity index (χ3v) is 4.22. The van der Waals surface area contributed by atoms with Crippen LogP contribution in [0.1, 0.15) is 39.0 Å². The van der Waals surface area contributed by atoms with E-state index in [1.165, 1.54) is 45.3 Å². The summed E-state index contributed by atoms with van der Waals surface area (Å²) in [5, 5.41) is 3.58. The molecule has 2 rings (SSSR count). The van der Waals surface area contributed by atoms with Gasteiger partial charge in [-0.05, 0) is 51.7 Å². The van der Waals surface area contributed by atoms with Gasteiger partial charge in [0.2, 0.25) is 5.91 Å². The lowest BCUT2D eigenvalue weighted by molar-refractivity contribution is -0.128. The third-order valence-electron chi connectivity index (χ3n) is 4.22. The van der Waals surface area contributed by atoms with Crippen LogP contribution >= 0.6 is 0 Å². The number of nitrogens with one attached hydrogen (secondary N) is 1. The second-order valence-electron chi connectivity index (χ2n) is 5.74. The van der Waals surface area contributed by atoms with Crippen molar-refractivity contribution in [3.8, 4) is 0 Å². The SMILES string of the molecule is CCCN1CCCC(NC2CCN(C)C2=O)CC1. The summed E-state index contributed by atoms with van der Waals surface area (Å²) in [7, 11) is 1.90. The Bertz CT molecular complexity index is 282. The summed E-state index contributed by atoms with van der Waals surface area (Å²) in [5.41, 5.74) is 0. The lowest BCUT2D eigenvalue weighted by Gasteiger charge is -2.21. The Kier molecular flexibility index (Phi) is 5.01. The van der Waals surface area contributed by atoms with E-state index in [0.29, 0.717) is 6.04 Å². The molecular formula is C14H27N3O. The highest BCUT2D eigenvalue weighted by Gasteiger charge is 2.30. The highest BCUT2D eigenvalue weighted by molar-refractivity contribution is 5.83. The number of carbonyl (C=O) groups excluding carboxylic acids is 1. The quantitative estimate of drug-likeness (QED) is 0.814. The van der Waals surface area contributed by atoms with Crippen molar-refractivity contribution in [1.82, 2.24) is 15.1 Å². The molecule has 104 valence electrons. The van der Waals surface area contributed by atoms with E-state index in [-0.39, 0.29) is 11.9 Å². The Labute approximate surface area is 111 Å². The average molecular weight is 253 g/mol. The van der Waals surface area contributed by atoms with E-state index in [1.807, 2.05) is 11.9 Å². The van der Waals surface area contributed by atoms with Crippen molar-refractivity contribution in [3.05, 3.63) is 0 Å². The van der Waals surface area contributed by atoms with Crippen LogP contribution in [-0.2, 0) is 4.79 Å². The van der Waals surface area contributed by atoms with Gasteiger partial charge < -0.3 is 15.1 Å². The number of likely N-dealkylation sites (N-methyl/N-ethyl adjacent to an activating group) is 1. The number of rotatable bonds is 4. The number of hydrogen-bond acceptors (Lipinski definition) is 3. The van der Waals surface area contributed by atoms with E-state index < -0.39 is 0 Å². The van der Waals surface area contributed by atoms with Gasteiger partial charge in [-0.1, -0.05) is 6.92 Å². The molecule has 2 heterocycles. The molecule has 2 unspecified atom stereocenters. The van der Waals surface area contributed by atoms with Gasteiger partial charge >= 0.3 is 0 Å². The van der Waals surface area contributed by atoms with E-state index in [2.05, 4.69) is 17.1 Å². The van der Waals surface area contributed by atoms with Crippen LogP contribution in [0.4, 0.5) is 0 Å². The number of carbonyl (C=O) groups is 1. The molecule has 4 nitrogen and oxygen atoms in total. The fraction of sp³-hybridized carbons (Fsp3) is 0.929. The standard InChI is InChI=1S/C14H27N3O/c1-3-8-17-9-4-5-12(6-11-17)15-13-7-10-16(2)14(13)18/h12-13,15H,3-11H2,1-2H3. The zero-order valence-electron chi connectivity index (χ0n) is 11.8. The summed E-state index contributed by atoms with van der Waals surface area (Å²) in [4.78, 5) is 16.3. The summed E-state index contributed by atoms with van der Waals surface area (Å²) in [6, 6.07) is 0.616. The lowest BCUT2D eigenvalue weighted by atomic mass is 10.1. The number of likely N-dealkylation sites (tertiary alicyclic amines) is 2. The Morgan fingerprint density at radius 1 is 1.22 bits per heavy atom. The smallest absolute Gasteiger partial charge is 0.239 e. The van der Waals surface area contributed by atoms with Crippen molar-refractivity contribution in [2.45, 2.75) is 51.1 Å². The zero-order chi connectivity index (χ0) is 13.0. The first kappa shape index (κ1) is 13.8. The van der Waals surface area contributed by atoms with Gasteiger partial charge in [-0.15, -0.1) is 0 Å². The molecule has 0 aromatic heterocycles. The maximum absolute atomic E-state index is 11.9. The summed E-state index contributed by atoms with van der Waals surface area (Å²) in [6.45, 7) is 6.78. The Morgan fingerprint density at radius 2 is 2.06 bits per heavy atom. The first-order chi connectivity index (χ1) is 8.70. The molecule has 2 aliphatic rings.